The van der Waals surface area contributed by atoms with Crippen LogP contribution in [0.2, 0.25) is 0 Å². The molecule has 1 heterocycles. The molecule has 7 nitrogen and oxygen atoms in total. The average molecular weight is 347 g/mol. The highest BCUT2D eigenvalue weighted by molar-refractivity contribution is 5.79. The number of rotatable bonds is 5. The van der Waals surface area contributed by atoms with Crippen molar-refractivity contribution in [3.8, 4) is 6.07 Å². The third kappa shape index (κ3) is 3.87. The minimum Gasteiger partial charge on any atom is -0.360 e. The first-order chi connectivity index (χ1) is 12.6. The number of anilines is 1. The summed E-state index contributed by atoms with van der Waals surface area (Å²) in [5, 5.41) is 24.2. The summed E-state index contributed by atoms with van der Waals surface area (Å²) < 4.78 is 0. The molecule has 0 radical (unpaired) electrons. The zero-order valence-corrected chi connectivity index (χ0v) is 14.2. The second kappa shape index (κ2) is 7.49. The third-order valence-electron chi connectivity index (χ3n) is 4.11. The normalized spacial score (nSPS) is 13.9. The Morgan fingerprint density at radius 2 is 1.88 bits per heavy atom. The van der Waals surface area contributed by atoms with Crippen LogP contribution in [-0.4, -0.2) is 24.2 Å². The number of hydrazone groups is 1. The lowest BCUT2D eigenvalue weighted by molar-refractivity contribution is -0.384. The lowest BCUT2D eigenvalue weighted by Crippen LogP contribution is -2.22. The fraction of sp³-hybridized carbons (Fsp3) is 0.158. The maximum atomic E-state index is 10.7. The van der Waals surface area contributed by atoms with E-state index >= 15 is 0 Å². The number of nitro groups is 1. The quantitative estimate of drug-likeness (QED) is 0.509. The smallest absolute Gasteiger partial charge is 0.269 e. The van der Waals surface area contributed by atoms with Crippen LogP contribution in [0.1, 0.15) is 11.1 Å². The van der Waals surface area contributed by atoms with Gasteiger partial charge in [-0.25, -0.2) is 0 Å². The molecule has 7 heteroatoms. The van der Waals surface area contributed by atoms with Crippen LogP contribution in [0.15, 0.2) is 64.9 Å². The molecule has 2 aromatic rings. The van der Waals surface area contributed by atoms with E-state index in [9.17, 15) is 15.4 Å². The summed E-state index contributed by atoms with van der Waals surface area (Å²) in [5.74, 6) is 0. The van der Waals surface area contributed by atoms with Gasteiger partial charge in [0, 0.05) is 17.8 Å². The maximum Gasteiger partial charge on any atom is 0.269 e. The molecule has 0 spiro atoms. The Morgan fingerprint density at radius 1 is 1.19 bits per heavy atom. The van der Waals surface area contributed by atoms with Crippen molar-refractivity contribution >= 4 is 17.6 Å². The van der Waals surface area contributed by atoms with E-state index in [4.69, 9.17) is 0 Å². The Balaban J connectivity index is 1.65. The number of nitro benzene ring substituents is 1. The van der Waals surface area contributed by atoms with Crippen molar-refractivity contribution in [2.45, 2.75) is 6.92 Å². The van der Waals surface area contributed by atoms with Crippen LogP contribution in [0.3, 0.4) is 0 Å². The molecule has 0 saturated carbocycles. The zero-order valence-electron chi connectivity index (χ0n) is 14.2. The topological polar surface area (TPSA) is 94.6 Å². The number of hydrogen-bond donors (Lipinski definition) is 1. The number of benzene rings is 2. The van der Waals surface area contributed by atoms with E-state index in [2.05, 4.69) is 21.5 Å². The summed E-state index contributed by atoms with van der Waals surface area (Å²) in [6.45, 7) is 3.14. The molecule has 0 aromatic heterocycles. The van der Waals surface area contributed by atoms with Crippen LogP contribution in [0.5, 0.6) is 0 Å². The van der Waals surface area contributed by atoms with E-state index in [-0.39, 0.29) is 5.69 Å². The van der Waals surface area contributed by atoms with Gasteiger partial charge in [-0.2, -0.15) is 10.4 Å². The van der Waals surface area contributed by atoms with E-state index in [1.165, 1.54) is 17.7 Å². The zero-order chi connectivity index (χ0) is 18.5. The van der Waals surface area contributed by atoms with Gasteiger partial charge in [-0.3, -0.25) is 15.5 Å². The highest BCUT2D eigenvalue weighted by Gasteiger charge is 2.22. The minimum atomic E-state index is -0.443. The van der Waals surface area contributed by atoms with Crippen LogP contribution >= 0.6 is 0 Å². The second-order valence-electron chi connectivity index (χ2n) is 5.98. The SMILES string of the molecule is Cc1ccc(N2CC(C#N)=C(N/N=C/c3ccc([N+](=O)[O-])cc3)C2)cc1. The number of non-ortho nitro benzene ring substituents is 1. The molecule has 0 saturated heterocycles. The number of hydrogen-bond acceptors (Lipinski definition) is 6. The van der Waals surface area contributed by atoms with Crippen molar-refractivity contribution in [2.24, 2.45) is 5.10 Å². The van der Waals surface area contributed by atoms with Gasteiger partial charge in [0.25, 0.3) is 5.69 Å². The summed E-state index contributed by atoms with van der Waals surface area (Å²) in [4.78, 5) is 12.3. The van der Waals surface area contributed by atoms with Gasteiger partial charge in [-0.05, 0) is 36.8 Å². The summed E-state index contributed by atoms with van der Waals surface area (Å²) >= 11 is 0. The molecule has 0 bridgehead atoms. The molecule has 3 rings (SSSR count). The van der Waals surface area contributed by atoms with E-state index < -0.39 is 4.92 Å². The van der Waals surface area contributed by atoms with Crippen LogP contribution in [0.4, 0.5) is 11.4 Å². The van der Waals surface area contributed by atoms with Crippen LogP contribution in [0.25, 0.3) is 0 Å². The number of nitrogens with zero attached hydrogens (tertiary/aromatic N) is 4. The Morgan fingerprint density at radius 3 is 2.50 bits per heavy atom. The molecular weight excluding hydrogens is 330 g/mol. The standard InChI is InChI=1S/C19H17N5O2/c1-14-2-6-17(7-3-14)23-12-16(10-20)19(13-23)22-21-11-15-4-8-18(9-5-15)24(25)26/h2-9,11,22H,12-13H2,1H3/b21-11+. The highest BCUT2D eigenvalue weighted by atomic mass is 16.6. The third-order valence-corrected chi connectivity index (χ3v) is 4.11. The predicted octanol–water partition coefficient (Wildman–Crippen LogP) is 3.12. The van der Waals surface area contributed by atoms with Crippen LogP contribution in [0, 0.1) is 28.4 Å². The molecule has 0 fully saturated rings. The highest BCUT2D eigenvalue weighted by Crippen LogP contribution is 2.23. The summed E-state index contributed by atoms with van der Waals surface area (Å²) in [6.07, 6.45) is 1.57. The molecule has 26 heavy (non-hydrogen) atoms. The van der Waals surface area contributed by atoms with E-state index in [0.717, 1.165) is 16.9 Å². The molecule has 0 amide bonds. The molecule has 0 atom stereocenters. The monoisotopic (exact) mass is 347 g/mol. The largest absolute Gasteiger partial charge is 0.360 e. The van der Waals surface area contributed by atoms with Crippen molar-refractivity contribution in [2.75, 3.05) is 18.0 Å². The summed E-state index contributed by atoms with van der Waals surface area (Å²) in [6, 6.07) is 16.5. The second-order valence-corrected chi connectivity index (χ2v) is 5.98. The number of nitrogens with one attached hydrogen (secondary N) is 1. The van der Waals surface area contributed by atoms with Crippen LogP contribution in [-0.2, 0) is 0 Å². The first kappa shape index (κ1) is 17.2. The predicted molar refractivity (Wildman–Crippen MR) is 99.9 cm³/mol. The lowest BCUT2D eigenvalue weighted by Gasteiger charge is -2.18. The Bertz CT molecular complexity index is 908. The summed E-state index contributed by atoms with van der Waals surface area (Å²) in [7, 11) is 0. The van der Waals surface area contributed by atoms with Gasteiger partial charge < -0.3 is 4.90 Å². The van der Waals surface area contributed by atoms with Crippen molar-refractivity contribution < 1.29 is 4.92 Å². The first-order valence-corrected chi connectivity index (χ1v) is 8.04. The Kier molecular flexibility index (Phi) is 4.94. The fourth-order valence-electron chi connectivity index (χ4n) is 2.64. The van der Waals surface area contributed by atoms with E-state index in [0.29, 0.717) is 18.7 Å². The Hall–Kier alpha value is -3.66. The number of nitriles is 1. The molecule has 1 N–H and O–H groups in total. The molecule has 0 aliphatic carbocycles. The van der Waals surface area contributed by atoms with Gasteiger partial charge in [0.15, 0.2) is 0 Å². The average Bonchev–Trinajstić information content (AvgIpc) is 3.06. The van der Waals surface area contributed by atoms with Gasteiger partial charge in [-0.15, -0.1) is 0 Å². The molecule has 130 valence electrons. The number of aryl methyl sites for hydroxylation is 1. The van der Waals surface area contributed by atoms with Gasteiger partial charge in [0.2, 0.25) is 0 Å². The van der Waals surface area contributed by atoms with Crippen molar-refractivity contribution in [3.05, 3.63) is 81.0 Å². The van der Waals surface area contributed by atoms with E-state index in [1.807, 2.05) is 31.2 Å². The van der Waals surface area contributed by atoms with Gasteiger partial charge in [0.1, 0.15) is 0 Å². The molecule has 1 aliphatic rings. The van der Waals surface area contributed by atoms with Gasteiger partial charge in [0.05, 0.1) is 41.6 Å². The van der Waals surface area contributed by atoms with Crippen molar-refractivity contribution in [1.29, 1.82) is 5.26 Å². The lowest BCUT2D eigenvalue weighted by atomic mass is 10.2. The maximum absolute atomic E-state index is 10.7. The molecular formula is C19H17N5O2. The molecule has 0 unspecified atom stereocenters. The van der Waals surface area contributed by atoms with Crippen molar-refractivity contribution in [1.82, 2.24) is 5.43 Å². The first-order valence-electron chi connectivity index (χ1n) is 8.04. The van der Waals surface area contributed by atoms with E-state index in [1.54, 1.807) is 18.3 Å². The van der Waals surface area contributed by atoms with Gasteiger partial charge in [-0.1, -0.05) is 17.7 Å². The Labute approximate surface area is 151 Å². The van der Waals surface area contributed by atoms with Crippen LogP contribution < -0.4 is 10.3 Å². The summed E-state index contributed by atoms with van der Waals surface area (Å²) in [5.41, 5.74) is 7.34. The fourth-order valence-corrected chi connectivity index (χ4v) is 2.64. The molecule has 1 aliphatic heterocycles. The minimum absolute atomic E-state index is 0.0362. The van der Waals surface area contributed by atoms with Crippen molar-refractivity contribution in [3.63, 3.8) is 0 Å². The van der Waals surface area contributed by atoms with Gasteiger partial charge >= 0.3 is 0 Å². The molecule has 2 aromatic carbocycles.